The van der Waals surface area contributed by atoms with Crippen molar-refractivity contribution in [3.8, 4) is 0 Å². The third-order valence-electron chi connectivity index (χ3n) is 0.609. The summed E-state index contributed by atoms with van der Waals surface area (Å²) in [5.41, 5.74) is 0. The minimum atomic E-state index is -3.02. The van der Waals surface area contributed by atoms with E-state index in [-0.39, 0.29) is 17.1 Å². The van der Waals surface area contributed by atoms with Crippen LogP contribution in [0.15, 0.2) is 0 Å². The summed E-state index contributed by atoms with van der Waals surface area (Å²) in [6.45, 7) is 5.57. The van der Waals surface area contributed by atoms with Gasteiger partial charge in [0.05, 0.1) is 0 Å². The fourth-order valence-electron chi connectivity index (χ4n) is 0.371. The van der Waals surface area contributed by atoms with Crippen molar-refractivity contribution in [2.45, 2.75) is 34.6 Å². The zero-order valence-electron chi connectivity index (χ0n) is 12.4. The summed E-state index contributed by atoms with van der Waals surface area (Å²) in [7, 11) is 0. The zero-order valence-corrected chi connectivity index (χ0v) is 15.2. The molecule has 0 aromatic heterocycles. The van der Waals surface area contributed by atoms with Gasteiger partial charge in [-0.15, -0.1) is 0 Å². The van der Waals surface area contributed by atoms with E-state index in [1.807, 2.05) is 0 Å². The molecule has 0 aromatic carbocycles. The van der Waals surface area contributed by atoms with Crippen molar-refractivity contribution in [2.75, 3.05) is 0 Å². The maximum atomic E-state index is 10.4. The van der Waals surface area contributed by atoms with Crippen molar-refractivity contribution in [3.05, 3.63) is 0 Å². The predicted octanol–water partition coefficient (Wildman–Crippen LogP) is -0.160. The molecule has 2 N–H and O–H groups in total. The van der Waals surface area contributed by atoms with Crippen molar-refractivity contribution < 1.29 is 62.4 Å². The summed E-state index contributed by atoms with van der Waals surface area (Å²) in [4.78, 5) is 49.3. The van der Waals surface area contributed by atoms with E-state index in [0.29, 0.717) is 0 Å². The third kappa shape index (κ3) is 51.5. The predicted molar refractivity (Wildman–Crippen MR) is 67.7 cm³/mol. The van der Waals surface area contributed by atoms with Gasteiger partial charge in [0.15, 0.2) is 0 Å². The Morgan fingerprint density at radius 1 is 0.636 bits per heavy atom. The first-order chi connectivity index (χ1) is 9.38. The van der Waals surface area contributed by atoms with E-state index in [1.54, 1.807) is 0 Å². The second kappa shape index (κ2) is 17.5. The zero-order chi connectivity index (χ0) is 17.6. The third-order valence-corrected chi connectivity index (χ3v) is 3.17. The average molecular weight is 436 g/mol. The number of aliphatic carboxylic acids is 2. The van der Waals surface area contributed by atoms with Gasteiger partial charge in [-0.1, -0.05) is 0 Å². The Morgan fingerprint density at radius 3 is 0.864 bits per heavy atom. The molecule has 0 fully saturated rings. The Hall–Kier alpha value is -1.57. The number of rotatable bonds is 3. The first-order valence-electron chi connectivity index (χ1n) is 5.13. The van der Waals surface area contributed by atoms with Crippen LogP contribution in [-0.4, -0.2) is 55.7 Å². The molecule has 12 heteroatoms. The fourth-order valence-corrected chi connectivity index (χ4v) is 1.93. The second-order valence-electron chi connectivity index (χ2n) is 3.01. The van der Waals surface area contributed by atoms with Crippen LogP contribution in [0.25, 0.3) is 0 Å². The molecule has 0 aromatic rings. The van der Waals surface area contributed by atoms with E-state index >= 15 is 0 Å². The minimum absolute atomic E-state index is 0. The van der Waals surface area contributed by atoms with E-state index in [1.165, 1.54) is 0 Å². The minimum Gasteiger partial charge on any atom is 0 e. The molecule has 0 aliphatic carbocycles. The molecule has 0 atom stereocenters. The van der Waals surface area contributed by atoms with Crippen LogP contribution in [-0.2, 0) is 52.2 Å². The normalized spacial score (nSPS) is 7.73. The van der Waals surface area contributed by atoms with Crippen LogP contribution in [0.2, 0.25) is 0 Å². The van der Waals surface area contributed by atoms with E-state index in [4.69, 9.17) is 19.8 Å². The first kappa shape index (κ1) is 28.6. The summed E-state index contributed by atoms with van der Waals surface area (Å²) < 4.78 is 13.5. The molecular formula is C10H17AsCuO10. The summed E-state index contributed by atoms with van der Waals surface area (Å²) in [5, 5.41) is 14.8. The van der Waals surface area contributed by atoms with Gasteiger partial charge in [0.1, 0.15) is 0 Å². The first-order valence-corrected chi connectivity index (χ1v) is 7.43. The molecule has 0 heterocycles. The molecule has 0 unspecified atom stereocenters. The standard InChI is InChI=1S/C6H9AsO6.2C2H4O2.Cu/c1-4(8)11-7(12-5(2)9)13-6(3)10;2*1-2(3)4;/h1-3H3;2*1H3,(H,3,4);. The molecule has 0 amide bonds. The smallest absolute Gasteiger partial charge is 0 e. The van der Waals surface area contributed by atoms with E-state index in [9.17, 15) is 14.4 Å². The van der Waals surface area contributed by atoms with Crippen LogP contribution in [0.4, 0.5) is 0 Å². The molecule has 133 valence electrons. The SMILES string of the molecule is CC(=O)O.CC(=O)O.CC(=O)O[As](OC(C)=O)OC(C)=O.[Cu]. The number of carbonyl (C=O) groups excluding carboxylic acids is 3. The Bertz CT molecular complexity index is 326. The largest absolute Gasteiger partial charge is 0 e. The van der Waals surface area contributed by atoms with Crippen LogP contribution in [0.3, 0.4) is 0 Å². The molecule has 0 saturated heterocycles. The Morgan fingerprint density at radius 2 is 0.773 bits per heavy atom. The summed E-state index contributed by atoms with van der Waals surface area (Å²) >= 11 is -3.02. The fraction of sp³-hybridized carbons (Fsp3) is 0.500. The second-order valence-corrected chi connectivity index (χ2v) is 5.10. The van der Waals surface area contributed by atoms with Gasteiger partial charge in [-0.05, 0) is 0 Å². The summed E-state index contributed by atoms with van der Waals surface area (Å²) in [6, 6.07) is 0. The van der Waals surface area contributed by atoms with Crippen LogP contribution >= 0.6 is 0 Å². The van der Waals surface area contributed by atoms with Crippen molar-refractivity contribution in [1.29, 1.82) is 0 Å². The van der Waals surface area contributed by atoms with Gasteiger partial charge in [0.25, 0.3) is 11.9 Å². The van der Waals surface area contributed by atoms with Crippen molar-refractivity contribution in [2.24, 2.45) is 0 Å². The van der Waals surface area contributed by atoms with Gasteiger partial charge in [-0.3, -0.25) is 9.59 Å². The average Bonchev–Trinajstić information content (AvgIpc) is 2.10. The molecule has 22 heavy (non-hydrogen) atoms. The molecule has 0 saturated carbocycles. The topological polar surface area (TPSA) is 153 Å². The Labute approximate surface area is 142 Å². The maximum Gasteiger partial charge on any atom is 0 e. The Kier molecular flexibility index (Phi) is 22.7. The molecule has 0 bridgehead atoms. The molecule has 0 aliphatic rings. The van der Waals surface area contributed by atoms with Gasteiger partial charge in [-0.25, -0.2) is 0 Å². The van der Waals surface area contributed by atoms with Crippen molar-refractivity contribution in [1.82, 2.24) is 0 Å². The van der Waals surface area contributed by atoms with E-state index < -0.39 is 45.5 Å². The van der Waals surface area contributed by atoms with Gasteiger partial charge in [-0.2, -0.15) is 0 Å². The summed E-state index contributed by atoms with van der Waals surface area (Å²) in [6.07, 6.45) is 0. The van der Waals surface area contributed by atoms with Gasteiger partial charge < -0.3 is 10.2 Å². The van der Waals surface area contributed by atoms with Crippen molar-refractivity contribution >= 4 is 45.5 Å². The van der Waals surface area contributed by atoms with Gasteiger partial charge in [0, 0.05) is 30.9 Å². The number of carboxylic acids is 2. The van der Waals surface area contributed by atoms with Gasteiger partial charge in [0.2, 0.25) is 0 Å². The van der Waals surface area contributed by atoms with Crippen LogP contribution in [0, 0.1) is 0 Å². The van der Waals surface area contributed by atoms with E-state index in [0.717, 1.165) is 34.6 Å². The van der Waals surface area contributed by atoms with Crippen molar-refractivity contribution in [3.63, 3.8) is 0 Å². The monoisotopic (exact) mass is 435 g/mol. The molecular weight excluding hydrogens is 419 g/mol. The van der Waals surface area contributed by atoms with Gasteiger partial charge >= 0.3 is 79.9 Å². The van der Waals surface area contributed by atoms with Crippen LogP contribution < -0.4 is 0 Å². The number of carbonyl (C=O) groups is 5. The number of carboxylic acid groups (broad SMARTS) is 2. The Balaban J connectivity index is -0.000000150. The number of hydrogen-bond acceptors (Lipinski definition) is 8. The van der Waals surface area contributed by atoms with Crippen LogP contribution in [0.5, 0.6) is 0 Å². The number of hydrogen-bond donors (Lipinski definition) is 2. The molecule has 0 aliphatic heterocycles. The summed E-state index contributed by atoms with van der Waals surface area (Å²) in [5.74, 6) is -3.62. The molecule has 0 rings (SSSR count). The quantitative estimate of drug-likeness (QED) is 0.571. The molecule has 10 nitrogen and oxygen atoms in total. The van der Waals surface area contributed by atoms with Crippen LogP contribution in [0.1, 0.15) is 34.6 Å². The van der Waals surface area contributed by atoms with E-state index in [2.05, 4.69) is 11.2 Å². The molecule has 1 radical (unpaired) electrons. The molecule has 0 spiro atoms. The maximum absolute atomic E-state index is 10.4.